The first-order valence-corrected chi connectivity index (χ1v) is 13.1. The summed E-state index contributed by atoms with van der Waals surface area (Å²) in [4.78, 5) is 0. The molecule has 0 unspecified atom stereocenters. The van der Waals surface area contributed by atoms with Crippen LogP contribution in [-0.2, 0) is 4.57 Å². The summed E-state index contributed by atoms with van der Waals surface area (Å²) in [6.45, 7) is 24.0. The lowest BCUT2D eigenvalue weighted by molar-refractivity contribution is 0.383. The first-order valence-electron chi connectivity index (χ1n) is 11.5. The van der Waals surface area contributed by atoms with Crippen molar-refractivity contribution in [2.24, 2.45) is 0 Å². The minimum Gasteiger partial charge on any atom is -0.400 e. The first-order chi connectivity index (χ1) is 15.7. The summed E-state index contributed by atoms with van der Waals surface area (Å²) in [7, 11) is -3.99. The third-order valence-corrected chi connectivity index (χ3v) is 9.02. The maximum Gasteiger partial charge on any atom is 0.543 e. The van der Waals surface area contributed by atoms with Crippen molar-refractivity contribution in [3.8, 4) is 11.5 Å². The lowest BCUT2D eigenvalue weighted by Crippen LogP contribution is -2.14. The zero-order valence-electron chi connectivity index (χ0n) is 22.5. The Kier molecular flexibility index (Phi) is 6.96. The van der Waals surface area contributed by atoms with Gasteiger partial charge in [0.05, 0.1) is 0 Å². The molecule has 0 spiro atoms. The molecule has 0 saturated carbocycles. The van der Waals surface area contributed by atoms with Gasteiger partial charge in [0.2, 0.25) is 0 Å². The minimum absolute atomic E-state index is 0.340. The van der Waals surface area contributed by atoms with E-state index in [-0.39, 0.29) is 0 Å². The van der Waals surface area contributed by atoms with Gasteiger partial charge in [-0.25, -0.2) is 4.57 Å². The third kappa shape index (κ3) is 4.36. The molecule has 0 bridgehead atoms. The van der Waals surface area contributed by atoms with E-state index in [2.05, 4.69) is 51.8 Å². The Hall–Kier alpha value is -2.72. The summed E-state index contributed by atoms with van der Waals surface area (Å²) in [6.07, 6.45) is 0. The van der Waals surface area contributed by atoms with Crippen molar-refractivity contribution < 1.29 is 18.1 Å². The SMILES string of the molecule is Cc1onc(NP(=O)(Oc2c(C)c(C)c(C)c(C)c2C)Oc2c(C)c(C)c(C)c(C)c2C)c1C. The fourth-order valence-electron chi connectivity index (χ4n) is 4.16. The van der Waals surface area contributed by atoms with Crippen LogP contribution >= 0.6 is 7.75 Å². The Morgan fingerprint density at radius 2 is 0.882 bits per heavy atom. The summed E-state index contributed by atoms with van der Waals surface area (Å²) in [6, 6.07) is 0. The Labute approximate surface area is 203 Å². The van der Waals surface area contributed by atoms with Crippen LogP contribution in [-0.4, -0.2) is 5.16 Å². The molecule has 0 aliphatic rings. The lowest BCUT2D eigenvalue weighted by Gasteiger charge is -2.27. The molecule has 184 valence electrons. The van der Waals surface area contributed by atoms with Gasteiger partial charge < -0.3 is 13.6 Å². The zero-order chi connectivity index (χ0) is 25.7. The smallest absolute Gasteiger partial charge is 0.400 e. The molecule has 6 nitrogen and oxygen atoms in total. The van der Waals surface area contributed by atoms with Crippen LogP contribution in [0.25, 0.3) is 0 Å². The number of hydrogen-bond donors (Lipinski definition) is 1. The molecule has 0 fully saturated rings. The van der Waals surface area contributed by atoms with E-state index in [0.717, 1.165) is 50.1 Å². The highest BCUT2D eigenvalue weighted by atomic mass is 31.2. The average Bonchev–Trinajstić information content (AvgIpc) is 3.11. The van der Waals surface area contributed by atoms with Crippen molar-refractivity contribution in [1.29, 1.82) is 0 Å². The molecular weight excluding hydrogens is 447 g/mol. The van der Waals surface area contributed by atoms with Gasteiger partial charge >= 0.3 is 7.75 Å². The van der Waals surface area contributed by atoms with E-state index in [4.69, 9.17) is 13.6 Å². The highest BCUT2D eigenvalue weighted by Gasteiger charge is 2.35. The van der Waals surface area contributed by atoms with Crippen LogP contribution in [0, 0.1) is 83.1 Å². The van der Waals surface area contributed by atoms with E-state index < -0.39 is 7.75 Å². The van der Waals surface area contributed by atoms with Gasteiger partial charge in [-0.2, -0.15) is 0 Å². The molecule has 2 aromatic carbocycles. The zero-order valence-corrected chi connectivity index (χ0v) is 23.4. The van der Waals surface area contributed by atoms with E-state index in [9.17, 15) is 4.57 Å². The van der Waals surface area contributed by atoms with Crippen LogP contribution in [0.1, 0.15) is 67.0 Å². The van der Waals surface area contributed by atoms with Crippen molar-refractivity contribution >= 4 is 13.6 Å². The largest absolute Gasteiger partial charge is 0.543 e. The maximum absolute atomic E-state index is 14.5. The summed E-state index contributed by atoms with van der Waals surface area (Å²) in [5.74, 6) is 2.10. The fraction of sp³-hybridized carbons (Fsp3) is 0.444. The van der Waals surface area contributed by atoms with Gasteiger partial charge in [-0.1, -0.05) is 5.16 Å². The molecule has 1 aromatic heterocycles. The molecule has 0 aliphatic heterocycles. The van der Waals surface area contributed by atoms with Gasteiger partial charge in [-0.15, -0.1) is 0 Å². The first kappa shape index (κ1) is 25.9. The number of aromatic nitrogens is 1. The summed E-state index contributed by atoms with van der Waals surface area (Å²) >= 11 is 0. The minimum atomic E-state index is -3.99. The number of nitrogens with zero attached hydrogens (tertiary/aromatic N) is 1. The summed E-state index contributed by atoms with van der Waals surface area (Å²) in [5, 5.41) is 7.02. The van der Waals surface area contributed by atoms with Crippen LogP contribution in [0.5, 0.6) is 11.5 Å². The molecule has 0 saturated heterocycles. The second-order valence-corrected chi connectivity index (χ2v) is 11.0. The number of aryl methyl sites for hydroxylation is 1. The van der Waals surface area contributed by atoms with Crippen molar-refractivity contribution in [2.75, 3.05) is 5.09 Å². The predicted molar refractivity (Wildman–Crippen MR) is 139 cm³/mol. The van der Waals surface area contributed by atoms with Crippen LogP contribution in [0.3, 0.4) is 0 Å². The van der Waals surface area contributed by atoms with Gasteiger partial charge in [-0.05, 0) is 139 Å². The second-order valence-electron chi connectivity index (χ2n) is 9.41. The van der Waals surface area contributed by atoms with E-state index in [1.807, 2.05) is 41.5 Å². The molecule has 7 heteroatoms. The van der Waals surface area contributed by atoms with Crippen molar-refractivity contribution in [3.63, 3.8) is 0 Å². The number of hydrogen-bond acceptors (Lipinski definition) is 5. The second kappa shape index (κ2) is 9.14. The monoisotopic (exact) mass is 484 g/mol. The van der Waals surface area contributed by atoms with Gasteiger partial charge in [0, 0.05) is 5.56 Å². The van der Waals surface area contributed by atoms with Gasteiger partial charge in [0.15, 0.2) is 5.82 Å². The van der Waals surface area contributed by atoms with Crippen molar-refractivity contribution in [1.82, 2.24) is 5.16 Å². The molecule has 0 atom stereocenters. The number of rotatable bonds is 6. The highest BCUT2D eigenvalue weighted by molar-refractivity contribution is 7.56. The molecule has 1 heterocycles. The fourth-order valence-corrected chi connectivity index (χ4v) is 5.79. The Morgan fingerprint density at radius 1 is 0.559 bits per heavy atom. The normalized spacial score (nSPS) is 11.6. The highest BCUT2D eigenvalue weighted by Crippen LogP contribution is 2.53. The van der Waals surface area contributed by atoms with Gasteiger partial charge in [0.25, 0.3) is 0 Å². The molecular formula is C27H37N2O4P. The number of anilines is 1. The van der Waals surface area contributed by atoms with E-state index in [0.29, 0.717) is 23.1 Å². The van der Waals surface area contributed by atoms with Crippen LogP contribution in [0.4, 0.5) is 5.82 Å². The van der Waals surface area contributed by atoms with Crippen LogP contribution in [0.2, 0.25) is 0 Å². The van der Waals surface area contributed by atoms with Crippen molar-refractivity contribution in [2.45, 2.75) is 83.1 Å². The van der Waals surface area contributed by atoms with E-state index in [1.54, 1.807) is 0 Å². The summed E-state index contributed by atoms with van der Waals surface area (Å²) in [5.41, 5.74) is 11.3. The topological polar surface area (TPSA) is 73.6 Å². The average molecular weight is 485 g/mol. The molecule has 3 aromatic rings. The van der Waals surface area contributed by atoms with Crippen molar-refractivity contribution in [3.05, 3.63) is 67.0 Å². The number of nitrogens with one attached hydrogen (secondary N) is 1. The molecule has 0 aliphatic carbocycles. The maximum atomic E-state index is 14.5. The lowest BCUT2D eigenvalue weighted by atomic mass is 9.94. The predicted octanol–water partition coefficient (Wildman–Crippen LogP) is 8.05. The summed E-state index contributed by atoms with van der Waals surface area (Å²) < 4.78 is 32.4. The molecule has 0 amide bonds. The standard InChI is InChI=1S/C27H37N2O4P/c1-13-15(3)19(7)25(20(8)16(13)4)32-34(30,29-27-23(11)24(12)31-28-27)33-26-21(9)17(5)14(2)18(6)22(26)10/h1-12H3,(H,28,29,30). The molecule has 1 N–H and O–H groups in total. The van der Waals surface area contributed by atoms with Crippen LogP contribution in [0.15, 0.2) is 4.52 Å². The third-order valence-electron chi connectivity index (χ3n) is 7.69. The number of benzene rings is 2. The Morgan fingerprint density at radius 3 is 1.18 bits per heavy atom. The molecule has 0 radical (unpaired) electrons. The van der Waals surface area contributed by atoms with Gasteiger partial charge in [-0.3, -0.25) is 5.09 Å². The van der Waals surface area contributed by atoms with Gasteiger partial charge in [0.1, 0.15) is 17.3 Å². The molecule has 34 heavy (non-hydrogen) atoms. The molecule has 3 rings (SSSR count). The quantitative estimate of drug-likeness (QED) is 0.357. The van der Waals surface area contributed by atoms with E-state index >= 15 is 0 Å². The van der Waals surface area contributed by atoms with Crippen LogP contribution < -0.4 is 14.1 Å². The van der Waals surface area contributed by atoms with E-state index in [1.165, 1.54) is 11.1 Å². The Bertz CT molecular complexity index is 1200. The Balaban J connectivity index is 2.20.